The monoisotopic (exact) mass is 314 g/mol. The second kappa shape index (κ2) is 5.78. The predicted octanol–water partition coefficient (Wildman–Crippen LogP) is 3.37. The van der Waals surface area contributed by atoms with E-state index in [1.807, 2.05) is 18.3 Å². The van der Waals surface area contributed by atoms with Gasteiger partial charge in [-0.05, 0) is 31.5 Å². The lowest BCUT2D eigenvalue weighted by Gasteiger charge is -2.30. The van der Waals surface area contributed by atoms with E-state index in [-0.39, 0.29) is 0 Å². The first-order chi connectivity index (χ1) is 10.8. The van der Waals surface area contributed by atoms with E-state index in [4.69, 9.17) is 9.40 Å². The van der Waals surface area contributed by atoms with Crippen molar-refractivity contribution in [2.75, 3.05) is 13.1 Å². The van der Waals surface area contributed by atoms with Gasteiger partial charge >= 0.3 is 0 Å². The fourth-order valence-corrected chi connectivity index (χ4v) is 4.15. The molecule has 3 heterocycles. The summed E-state index contributed by atoms with van der Waals surface area (Å²) in [5.41, 5.74) is 1.12. The van der Waals surface area contributed by atoms with E-state index >= 15 is 0 Å². The molecule has 0 N–H and O–H groups in total. The minimum atomic E-state index is 0.509. The number of benzene rings is 1. The molecule has 3 aromatic rings. The minimum Gasteiger partial charge on any atom is -0.424 e. The maximum Gasteiger partial charge on any atom is 0.230 e. The molecule has 4 rings (SSSR count). The summed E-state index contributed by atoms with van der Waals surface area (Å²) in [7, 11) is 0. The average Bonchev–Trinajstić information content (AvgIpc) is 3.13. The highest BCUT2D eigenvalue weighted by molar-refractivity contribution is 7.18. The molecular weight excluding hydrogens is 296 g/mol. The van der Waals surface area contributed by atoms with Crippen molar-refractivity contribution in [2.24, 2.45) is 0 Å². The van der Waals surface area contributed by atoms with Crippen LogP contribution in [0.5, 0.6) is 0 Å². The Hall–Kier alpha value is -1.79. The number of piperidine rings is 1. The van der Waals surface area contributed by atoms with Gasteiger partial charge < -0.3 is 4.42 Å². The first kappa shape index (κ1) is 13.8. The Kier molecular flexibility index (Phi) is 3.63. The lowest BCUT2D eigenvalue weighted by atomic mass is 9.99. The molecule has 1 atom stereocenters. The van der Waals surface area contributed by atoms with Crippen LogP contribution in [0.2, 0.25) is 0 Å². The standard InChI is InChI=1S/C16H18N4OS/c1-11-18-19-15(21-11)10-20-8-4-5-12(9-20)16-17-13-6-2-3-7-14(13)22-16/h2-3,6-7,12H,4-5,8-10H2,1H3/t12-/m1/s1. The van der Waals surface area contributed by atoms with Crippen molar-refractivity contribution in [2.45, 2.75) is 32.2 Å². The fraction of sp³-hybridized carbons (Fsp3) is 0.438. The van der Waals surface area contributed by atoms with Crippen molar-refractivity contribution in [3.8, 4) is 0 Å². The molecule has 0 bridgehead atoms. The quantitative estimate of drug-likeness (QED) is 0.742. The van der Waals surface area contributed by atoms with Gasteiger partial charge in [0.25, 0.3) is 0 Å². The van der Waals surface area contributed by atoms with Crippen LogP contribution in [0.15, 0.2) is 28.7 Å². The van der Waals surface area contributed by atoms with Gasteiger partial charge in [0.2, 0.25) is 11.8 Å². The molecule has 2 aromatic heterocycles. The minimum absolute atomic E-state index is 0.509. The SMILES string of the molecule is Cc1nnc(CN2CCC[C@@H](c3nc4ccccc4s3)C2)o1. The van der Waals surface area contributed by atoms with Crippen molar-refractivity contribution >= 4 is 21.6 Å². The van der Waals surface area contributed by atoms with E-state index < -0.39 is 0 Å². The zero-order valence-corrected chi connectivity index (χ0v) is 13.3. The summed E-state index contributed by atoms with van der Waals surface area (Å²) < 4.78 is 6.78. The molecule has 1 aromatic carbocycles. The van der Waals surface area contributed by atoms with E-state index in [0.29, 0.717) is 17.7 Å². The molecule has 0 unspecified atom stereocenters. The largest absolute Gasteiger partial charge is 0.424 e. The van der Waals surface area contributed by atoms with E-state index in [0.717, 1.165) is 25.2 Å². The maximum atomic E-state index is 5.50. The highest BCUT2D eigenvalue weighted by atomic mass is 32.1. The van der Waals surface area contributed by atoms with Crippen LogP contribution in [0.3, 0.4) is 0 Å². The highest BCUT2D eigenvalue weighted by Gasteiger charge is 2.25. The maximum absolute atomic E-state index is 5.50. The number of aromatic nitrogens is 3. The van der Waals surface area contributed by atoms with E-state index in [1.165, 1.54) is 22.5 Å². The summed E-state index contributed by atoms with van der Waals surface area (Å²) in [5, 5.41) is 9.26. The average molecular weight is 314 g/mol. The Bertz CT molecular complexity index is 748. The number of para-hydroxylation sites is 1. The number of rotatable bonds is 3. The summed E-state index contributed by atoms with van der Waals surface area (Å²) >= 11 is 1.83. The van der Waals surface area contributed by atoms with Gasteiger partial charge in [-0.1, -0.05) is 12.1 Å². The summed E-state index contributed by atoms with van der Waals surface area (Å²) in [4.78, 5) is 7.22. The Morgan fingerprint density at radius 2 is 2.23 bits per heavy atom. The van der Waals surface area contributed by atoms with Crippen LogP contribution in [0.25, 0.3) is 10.2 Å². The van der Waals surface area contributed by atoms with Crippen LogP contribution in [0.4, 0.5) is 0 Å². The Morgan fingerprint density at radius 1 is 1.32 bits per heavy atom. The first-order valence-electron chi connectivity index (χ1n) is 7.65. The van der Waals surface area contributed by atoms with Crippen molar-refractivity contribution in [3.05, 3.63) is 41.1 Å². The number of likely N-dealkylation sites (tertiary alicyclic amines) is 1. The van der Waals surface area contributed by atoms with Crippen LogP contribution in [0, 0.1) is 6.92 Å². The normalized spacial score (nSPS) is 19.8. The van der Waals surface area contributed by atoms with Gasteiger partial charge in [-0.25, -0.2) is 4.98 Å². The summed E-state index contributed by atoms with van der Waals surface area (Å²) in [6, 6.07) is 8.38. The number of aryl methyl sites for hydroxylation is 1. The van der Waals surface area contributed by atoms with E-state index in [2.05, 4.69) is 39.4 Å². The van der Waals surface area contributed by atoms with Crippen molar-refractivity contribution in [1.82, 2.24) is 20.1 Å². The third-order valence-corrected chi connectivity index (χ3v) is 5.29. The number of hydrogen-bond acceptors (Lipinski definition) is 6. The number of thiazole rings is 1. The van der Waals surface area contributed by atoms with Gasteiger partial charge in [0, 0.05) is 19.4 Å². The third kappa shape index (κ3) is 2.76. The third-order valence-electron chi connectivity index (χ3n) is 4.09. The van der Waals surface area contributed by atoms with E-state index in [1.54, 1.807) is 0 Å². The Balaban J connectivity index is 1.50. The molecule has 0 radical (unpaired) electrons. The first-order valence-corrected chi connectivity index (χ1v) is 8.46. The van der Waals surface area contributed by atoms with Crippen molar-refractivity contribution in [3.63, 3.8) is 0 Å². The van der Waals surface area contributed by atoms with Gasteiger partial charge in [0.15, 0.2) is 0 Å². The van der Waals surface area contributed by atoms with Crippen molar-refractivity contribution < 1.29 is 4.42 Å². The molecule has 6 heteroatoms. The number of hydrogen-bond donors (Lipinski definition) is 0. The van der Waals surface area contributed by atoms with Gasteiger partial charge in [-0.15, -0.1) is 21.5 Å². The van der Waals surface area contributed by atoms with Crippen LogP contribution < -0.4 is 0 Å². The summed E-state index contributed by atoms with van der Waals surface area (Å²) in [5.74, 6) is 1.85. The lowest BCUT2D eigenvalue weighted by Crippen LogP contribution is -2.33. The topological polar surface area (TPSA) is 55.1 Å². The molecule has 114 valence electrons. The summed E-state index contributed by atoms with van der Waals surface area (Å²) in [6.07, 6.45) is 2.40. The molecule has 1 fully saturated rings. The fourth-order valence-electron chi connectivity index (χ4n) is 3.06. The van der Waals surface area contributed by atoms with Gasteiger partial charge in [0.1, 0.15) is 0 Å². The number of fused-ring (bicyclic) bond motifs is 1. The van der Waals surface area contributed by atoms with Gasteiger partial charge in [0.05, 0.1) is 21.8 Å². The summed E-state index contributed by atoms with van der Waals surface area (Å²) in [6.45, 7) is 4.67. The van der Waals surface area contributed by atoms with Crippen LogP contribution in [-0.2, 0) is 6.54 Å². The van der Waals surface area contributed by atoms with Crippen molar-refractivity contribution in [1.29, 1.82) is 0 Å². The van der Waals surface area contributed by atoms with Gasteiger partial charge in [-0.3, -0.25) is 4.90 Å². The number of nitrogens with zero attached hydrogens (tertiary/aromatic N) is 4. The molecule has 0 amide bonds. The van der Waals surface area contributed by atoms with Crippen LogP contribution in [-0.4, -0.2) is 33.2 Å². The zero-order valence-electron chi connectivity index (χ0n) is 12.5. The van der Waals surface area contributed by atoms with Gasteiger partial charge in [-0.2, -0.15) is 0 Å². The van der Waals surface area contributed by atoms with Crippen LogP contribution in [0.1, 0.15) is 35.5 Å². The molecule has 22 heavy (non-hydrogen) atoms. The second-order valence-corrected chi connectivity index (χ2v) is 6.87. The molecule has 0 spiro atoms. The smallest absolute Gasteiger partial charge is 0.230 e. The lowest BCUT2D eigenvalue weighted by molar-refractivity contribution is 0.182. The second-order valence-electron chi connectivity index (χ2n) is 5.81. The highest BCUT2D eigenvalue weighted by Crippen LogP contribution is 2.33. The van der Waals surface area contributed by atoms with Crippen LogP contribution >= 0.6 is 11.3 Å². The molecule has 0 saturated carbocycles. The predicted molar refractivity (Wildman–Crippen MR) is 85.9 cm³/mol. The molecule has 1 saturated heterocycles. The molecule has 0 aliphatic carbocycles. The Labute approximate surface area is 133 Å². The molecule has 1 aliphatic heterocycles. The molecular formula is C16H18N4OS. The Morgan fingerprint density at radius 3 is 3.05 bits per heavy atom. The zero-order chi connectivity index (χ0) is 14.9. The molecule has 1 aliphatic rings. The molecule has 5 nitrogen and oxygen atoms in total. The van der Waals surface area contributed by atoms with E-state index in [9.17, 15) is 0 Å².